The van der Waals surface area contributed by atoms with E-state index in [0.717, 1.165) is 13.1 Å². The predicted molar refractivity (Wildman–Crippen MR) is 50.4 cm³/mol. The summed E-state index contributed by atoms with van der Waals surface area (Å²) < 4.78 is 0. The highest BCUT2D eigenvalue weighted by Crippen LogP contribution is 2.04. The third-order valence-electron chi connectivity index (χ3n) is 2.47. The van der Waals surface area contributed by atoms with Gasteiger partial charge in [0.1, 0.15) is 0 Å². The maximum absolute atomic E-state index is 10.6. The zero-order valence-corrected chi connectivity index (χ0v) is 8.31. The highest BCUT2D eigenvalue weighted by molar-refractivity contribution is 5.69. The molecule has 1 fully saturated rings. The van der Waals surface area contributed by atoms with E-state index in [2.05, 4.69) is 11.1 Å². The average Bonchev–Trinajstić information content (AvgIpc) is 2.19. The maximum atomic E-state index is 10.6. The minimum atomic E-state index is -0.757. The largest absolute Gasteiger partial charge is 0.481 e. The van der Waals surface area contributed by atoms with E-state index in [1.54, 1.807) is 11.8 Å². The minimum absolute atomic E-state index is 0.330. The summed E-state index contributed by atoms with van der Waals surface area (Å²) in [5, 5.41) is 17.3. The van der Waals surface area contributed by atoms with E-state index in [1.165, 1.54) is 0 Å². The molecule has 5 heteroatoms. The maximum Gasteiger partial charge on any atom is 0.307 e. The lowest BCUT2D eigenvalue weighted by molar-refractivity contribution is -0.141. The number of carboxylic acid groups (broad SMARTS) is 1. The van der Waals surface area contributed by atoms with Crippen LogP contribution in [0.2, 0.25) is 0 Å². The van der Waals surface area contributed by atoms with Crippen molar-refractivity contribution in [3.05, 3.63) is 0 Å². The number of nitriles is 1. The van der Waals surface area contributed by atoms with E-state index < -0.39 is 5.97 Å². The number of nitrogens with zero attached hydrogens (tertiary/aromatic N) is 3. The summed E-state index contributed by atoms with van der Waals surface area (Å²) in [4.78, 5) is 14.4. The first-order valence-corrected chi connectivity index (χ1v) is 4.73. The number of piperazine rings is 1. The molecule has 1 saturated heterocycles. The van der Waals surface area contributed by atoms with Crippen LogP contribution in [0.15, 0.2) is 0 Å². The summed E-state index contributed by atoms with van der Waals surface area (Å²) in [5.41, 5.74) is 0. The number of hydrogen-bond acceptors (Lipinski definition) is 4. The monoisotopic (exact) mass is 197 g/mol. The van der Waals surface area contributed by atoms with Crippen LogP contribution in [0.5, 0.6) is 0 Å². The van der Waals surface area contributed by atoms with Crippen LogP contribution < -0.4 is 0 Å². The van der Waals surface area contributed by atoms with Crippen molar-refractivity contribution in [3.63, 3.8) is 0 Å². The molecule has 0 radical (unpaired) electrons. The van der Waals surface area contributed by atoms with Gasteiger partial charge in [0.05, 0.1) is 5.92 Å². The first-order valence-electron chi connectivity index (χ1n) is 4.73. The van der Waals surface area contributed by atoms with E-state index in [4.69, 9.17) is 10.4 Å². The molecular formula is C9H15N3O2. The molecule has 1 rings (SSSR count). The summed E-state index contributed by atoms with van der Waals surface area (Å²) in [6.45, 7) is 5.27. The van der Waals surface area contributed by atoms with Gasteiger partial charge >= 0.3 is 5.97 Å². The number of carbonyl (C=O) groups is 1. The zero-order chi connectivity index (χ0) is 10.6. The molecule has 0 spiro atoms. The van der Waals surface area contributed by atoms with E-state index in [9.17, 15) is 4.79 Å². The van der Waals surface area contributed by atoms with Crippen LogP contribution in [0.3, 0.4) is 0 Å². The van der Waals surface area contributed by atoms with Crippen molar-refractivity contribution in [2.45, 2.75) is 6.92 Å². The van der Waals surface area contributed by atoms with Crippen LogP contribution in [0, 0.1) is 17.4 Å². The number of aliphatic carboxylic acids is 1. The Labute approximate surface area is 83.5 Å². The summed E-state index contributed by atoms with van der Waals surface area (Å²) in [6.07, 6.45) is 2.09. The fourth-order valence-corrected chi connectivity index (χ4v) is 1.50. The number of carboxylic acids is 1. The molecule has 0 bridgehead atoms. The van der Waals surface area contributed by atoms with Crippen LogP contribution in [0.4, 0.5) is 0 Å². The van der Waals surface area contributed by atoms with Gasteiger partial charge in [-0.2, -0.15) is 5.26 Å². The standard InChI is InChI=1S/C9H15N3O2/c1-8(9(13)14)6-11-2-4-12(7-10)5-3-11/h8H,2-6H2,1H3,(H,13,14). The third kappa shape index (κ3) is 2.89. The fourth-order valence-electron chi connectivity index (χ4n) is 1.50. The Bertz CT molecular complexity index is 241. The van der Waals surface area contributed by atoms with Crippen molar-refractivity contribution in [1.82, 2.24) is 9.80 Å². The Kier molecular flexibility index (Phi) is 3.72. The molecule has 78 valence electrons. The molecule has 0 aromatic rings. The lowest BCUT2D eigenvalue weighted by Gasteiger charge is -2.32. The SMILES string of the molecule is CC(CN1CCN(C#N)CC1)C(=O)O. The Balaban J connectivity index is 2.29. The molecule has 1 atom stereocenters. The molecule has 1 aliphatic rings. The molecule has 1 unspecified atom stereocenters. The van der Waals surface area contributed by atoms with Crippen LogP contribution in [0.1, 0.15) is 6.92 Å². The van der Waals surface area contributed by atoms with Crippen molar-refractivity contribution in [2.75, 3.05) is 32.7 Å². The van der Waals surface area contributed by atoms with Crippen molar-refractivity contribution in [1.29, 1.82) is 5.26 Å². The number of hydrogen-bond donors (Lipinski definition) is 1. The van der Waals surface area contributed by atoms with Crippen LogP contribution in [-0.2, 0) is 4.79 Å². The van der Waals surface area contributed by atoms with Gasteiger partial charge in [0.2, 0.25) is 0 Å². The van der Waals surface area contributed by atoms with E-state index in [-0.39, 0.29) is 5.92 Å². The van der Waals surface area contributed by atoms with Gasteiger partial charge < -0.3 is 10.0 Å². The van der Waals surface area contributed by atoms with E-state index >= 15 is 0 Å². The number of rotatable bonds is 3. The second-order valence-electron chi connectivity index (χ2n) is 3.63. The third-order valence-corrected chi connectivity index (χ3v) is 2.47. The second-order valence-corrected chi connectivity index (χ2v) is 3.63. The zero-order valence-electron chi connectivity index (χ0n) is 8.31. The Hall–Kier alpha value is -1.28. The van der Waals surface area contributed by atoms with Gasteiger partial charge in [0, 0.05) is 32.7 Å². The van der Waals surface area contributed by atoms with Crippen molar-refractivity contribution >= 4 is 5.97 Å². The lowest BCUT2D eigenvalue weighted by atomic mass is 10.1. The molecule has 0 saturated carbocycles. The van der Waals surface area contributed by atoms with Gasteiger partial charge in [-0.3, -0.25) is 9.69 Å². The van der Waals surface area contributed by atoms with Gasteiger partial charge in [0.25, 0.3) is 0 Å². The van der Waals surface area contributed by atoms with Crippen molar-refractivity contribution in [2.24, 2.45) is 5.92 Å². The van der Waals surface area contributed by atoms with Crippen LogP contribution >= 0.6 is 0 Å². The van der Waals surface area contributed by atoms with E-state index in [0.29, 0.717) is 19.6 Å². The Morgan fingerprint density at radius 3 is 2.50 bits per heavy atom. The van der Waals surface area contributed by atoms with Gasteiger partial charge in [-0.05, 0) is 0 Å². The predicted octanol–water partition coefficient (Wildman–Crippen LogP) is -0.194. The first kappa shape index (κ1) is 10.8. The normalized spacial score (nSPS) is 20.1. The molecule has 1 heterocycles. The summed E-state index contributed by atoms with van der Waals surface area (Å²) in [6, 6.07) is 0. The van der Waals surface area contributed by atoms with E-state index in [1.807, 2.05) is 0 Å². The average molecular weight is 197 g/mol. The first-order chi connectivity index (χ1) is 6.63. The molecule has 0 aromatic heterocycles. The lowest BCUT2D eigenvalue weighted by Crippen LogP contribution is -2.46. The quantitative estimate of drug-likeness (QED) is 0.635. The highest BCUT2D eigenvalue weighted by atomic mass is 16.4. The van der Waals surface area contributed by atoms with Crippen molar-refractivity contribution in [3.8, 4) is 6.19 Å². The van der Waals surface area contributed by atoms with Gasteiger partial charge in [-0.15, -0.1) is 0 Å². The summed E-state index contributed by atoms with van der Waals surface area (Å²) in [5.74, 6) is -1.09. The van der Waals surface area contributed by atoms with Crippen molar-refractivity contribution < 1.29 is 9.90 Å². The topological polar surface area (TPSA) is 67.6 Å². The van der Waals surface area contributed by atoms with Crippen LogP contribution in [-0.4, -0.2) is 53.6 Å². The molecule has 1 N–H and O–H groups in total. The van der Waals surface area contributed by atoms with Gasteiger partial charge in [-0.1, -0.05) is 6.92 Å². The van der Waals surface area contributed by atoms with Crippen LogP contribution in [0.25, 0.3) is 0 Å². The summed E-state index contributed by atoms with van der Waals surface area (Å²) in [7, 11) is 0. The molecule has 14 heavy (non-hydrogen) atoms. The molecule has 0 aromatic carbocycles. The molecular weight excluding hydrogens is 182 g/mol. The summed E-state index contributed by atoms with van der Waals surface area (Å²) >= 11 is 0. The highest BCUT2D eigenvalue weighted by Gasteiger charge is 2.20. The fraction of sp³-hybridized carbons (Fsp3) is 0.778. The van der Waals surface area contributed by atoms with Gasteiger partial charge in [-0.25, -0.2) is 0 Å². The minimum Gasteiger partial charge on any atom is -0.481 e. The van der Waals surface area contributed by atoms with Gasteiger partial charge in [0.15, 0.2) is 6.19 Å². The molecule has 1 aliphatic heterocycles. The smallest absolute Gasteiger partial charge is 0.307 e. The Morgan fingerprint density at radius 1 is 1.50 bits per heavy atom. The second kappa shape index (κ2) is 4.82. The molecule has 0 aliphatic carbocycles. The molecule has 0 amide bonds. The molecule has 5 nitrogen and oxygen atoms in total. The Morgan fingerprint density at radius 2 is 2.07 bits per heavy atom.